The van der Waals surface area contributed by atoms with E-state index < -0.39 is 0 Å². The molecule has 2 atom stereocenters. The topological polar surface area (TPSA) is 68.1 Å². The molecule has 0 saturated carbocycles. The lowest BCUT2D eigenvalue weighted by atomic mass is 9.85. The fourth-order valence-electron chi connectivity index (χ4n) is 5.00. The Labute approximate surface area is 147 Å². The molecule has 7 heteroatoms. The molecule has 3 saturated heterocycles. The van der Waals surface area contributed by atoms with Gasteiger partial charge in [-0.15, -0.1) is 0 Å². The molecule has 3 aliphatic rings. The zero-order valence-corrected chi connectivity index (χ0v) is 14.6. The first-order chi connectivity index (χ1) is 12.3. The molecule has 25 heavy (non-hydrogen) atoms. The van der Waals surface area contributed by atoms with E-state index in [2.05, 4.69) is 29.7 Å². The molecule has 5 rings (SSSR count). The van der Waals surface area contributed by atoms with Gasteiger partial charge in [0, 0.05) is 12.1 Å². The monoisotopic (exact) mass is 342 g/mol. The van der Waals surface area contributed by atoms with E-state index in [-0.39, 0.29) is 6.23 Å². The number of likely N-dealkylation sites (tertiary alicyclic amines) is 1. The summed E-state index contributed by atoms with van der Waals surface area (Å²) in [6.07, 6.45) is 12.9. The van der Waals surface area contributed by atoms with E-state index in [1.807, 2.05) is 6.33 Å². The van der Waals surface area contributed by atoms with Gasteiger partial charge in [0.05, 0.1) is 18.6 Å². The van der Waals surface area contributed by atoms with Crippen LogP contribution in [0.25, 0.3) is 11.2 Å². The predicted molar refractivity (Wildman–Crippen MR) is 94.1 cm³/mol. The van der Waals surface area contributed by atoms with Crippen LogP contribution < -0.4 is 5.32 Å². The Bertz CT molecular complexity index is 740. The molecule has 3 fully saturated rings. The molecule has 0 radical (unpaired) electrons. The summed E-state index contributed by atoms with van der Waals surface area (Å²) in [6, 6.07) is 0. The number of hydrogen-bond donors (Lipinski definition) is 1. The van der Waals surface area contributed by atoms with Crippen LogP contribution in [0.3, 0.4) is 0 Å². The molecule has 2 aromatic rings. The third-order valence-electron chi connectivity index (χ3n) is 6.33. The standard InChI is InChI=1S/C18H26N6O/c1-4-18(5-7-19-8-6-18)23(9-1)11-14-2-3-16(25-14)24-13-22-15-10-20-12-21-17(15)24/h10,12-14,16,19H,1-9,11H2. The maximum absolute atomic E-state index is 6.42. The van der Waals surface area contributed by atoms with E-state index >= 15 is 0 Å². The maximum atomic E-state index is 6.42. The van der Waals surface area contributed by atoms with Crippen LogP contribution in [-0.4, -0.2) is 62.2 Å². The van der Waals surface area contributed by atoms with Crippen molar-refractivity contribution in [3.63, 3.8) is 0 Å². The second-order valence-corrected chi connectivity index (χ2v) is 7.70. The first-order valence-electron chi connectivity index (χ1n) is 9.58. The maximum Gasteiger partial charge on any atom is 0.165 e. The predicted octanol–water partition coefficient (Wildman–Crippen LogP) is 1.72. The molecular formula is C18H26N6O. The van der Waals surface area contributed by atoms with E-state index in [9.17, 15) is 0 Å². The van der Waals surface area contributed by atoms with Gasteiger partial charge in [0.1, 0.15) is 18.1 Å². The summed E-state index contributed by atoms with van der Waals surface area (Å²) in [5.74, 6) is 0. The van der Waals surface area contributed by atoms with Gasteiger partial charge < -0.3 is 10.1 Å². The van der Waals surface area contributed by atoms with Gasteiger partial charge in [-0.25, -0.2) is 15.0 Å². The smallest absolute Gasteiger partial charge is 0.165 e. The average molecular weight is 342 g/mol. The molecule has 5 heterocycles. The number of nitrogens with zero attached hydrogens (tertiary/aromatic N) is 5. The van der Waals surface area contributed by atoms with Gasteiger partial charge in [-0.05, 0) is 58.2 Å². The Balaban J connectivity index is 1.28. The van der Waals surface area contributed by atoms with Crippen molar-refractivity contribution in [3.8, 4) is 0 Å². The zero-order chi connectivity index (χ0) is 16.7. The van der Waals surface area contributed by atoms with Crippen molar-refractivity contribution in [1.29, 1.82) is 0 Å². The molecule has 2 unspecified atom stereocenters. The van der Waals surface area contributed by atoms with Gasteiger partial charge in [-0.3, -0.25) is 9.47 Å². The summed E-state index contributed by atoms with van der Waals surface area (Å²) in [5, 5.41) is 3.51. The number of imidazole rings is 1. The molecule has 0 aliphatic carbocycles. The molecule has 2 aromatic heterocycles. The molecule has 1 spiro atoms. The Morgan fingerprint density at radius 1 is 1.20 bits per heavy atom. The minimum absolute atomic E-state index is 0.0523. The van der Waals surface area contributed by atoms with E-state index in [1.54, 1.807) is 12.5 Å². The number of hydrogen-bond acceptors (Lipinski definition) is 6. The van der Waals surface area contributed by atoms with Crippen LogP contribution in [0.1, 0.15) is 44.8 Å². The van der Waals surface area contributed by atoms with Crippen LogP contribution in [0.4, 0.5) is 0 Å². The number of aromatic nitrogens is 4. The SMILES string of the molecule is c1ncc2ncn(C3CCC(CN4CCCC45CCNCC5)O3)c2n1. The molecule has 1 N–H and O–H groups in total. The van der Waals surface area contributed by atoms with Crippen molar-refractivity contribution in [1.82, 2.24) is 29.7 Å². The fourth-order valence-corrected chi connectivity index (χ4v) is 5.00. The van der Waals surface area contributed by atoms with Crippen molar-refractivity contribution in [3.05, 3.63) is 18.9 Å². The second kappa shape index (κ2) is 6.30. The number of ether oxygens (including phenoxy) is 1. The van der Waals surface area contributed by atoms with Crippen molar-refractivity contribution in [2.24, 2.45) is 0 Å². The van der Waals surface area contributed by atoms with Gasteiger partial charge in [-0.2, -0.15) is 0 Å². The zero-order valence-electron chi connectivity index (χ0n) is 14.6. The Kier molecular flexibility index (Phi) is 3.95. The highest BCUT2D eigenvalue weighted by Gasteiger charge is 2.43. The molecule has 7 nitrogen and oxygen atoms in total. The minimum Gasteiger partial charge on any atom is -0.353 e. The summed E-state index contributed by atoms with van der Waals surface area (Å²) in [7, 11) is 0. The summed E-state index contributed by atoms with van der Waals surface area (Å²) in [6.45, 7) is 4.61. The highest BCUT2D eigenvalue weighted by atomic mass is 16.5. The van der Waals surface area contributed by atoms with Crippen LogP contribution in [0.5, 0.6) is 0 Å². The molecule has 0 aromatic carbocycles. The lowest BCUT2D eigenvalue weighted by Gasteiger charge is -2.42. The van der Waals surface area contributed by atoms with Gasteiger partial charge >= 0.3 is 0 Å². The quantitative estimate of drug-likeness (QED) is 0.916. The number of fused-ring (bicyclic) bond motifs is 1. The van der Waals surface area contributed by atoms with Gasteiger partial charge in [0.2, 0.25) is 0 Å². The largest absolute Gasteiger partial charge is 0.353 e. The van der Waals surface area contributed by atoms with E-state index in [0.29, 0.717) is 11.6 Å². The van der Waals surface area contributed by atoms with E-state index in [1.165, 1.54) is 32.2 Å². The molecule has 0 amide bonds. The fraction of sp³-hybridized carbons (Fsp3) is 0.722. The Morgan fingerprint density at radius 3 is 3.04 bits per heavy atom. The lowest BCUT2D eigenvalue weighted by molar-refractivity contribution is -0.0279. The van der Waals surface area contributed by atoms with Gasteiger partial charge in [0.15, 0.2) is 5.65 Å². The Morgan fingerprint density at radius 2 is 2.12 bits per heavy atom. The van der Waals surface area contributed by atoms with Crippen molar-refractivity contribution >= 4 is 11.2 Å². The van der Waals surface area contributed by atoms with Crippen LogP contribution in [0.2, 0.25) is 0 Å². The average Bonchev–Trinajstić information content (AvgIpc) is 3.36. The highest BCUT2D eigenvalue weighted by Crippen LogP contribution is 2.39. The Hall–Kier alpha value is -1.57. The van der Waals surface area contributed by atoms with Crippen LogP contribution in [-0.2, 0) is 4.74 Å². The third kappa shape index (κ3) is 2.74. The van der Waals surface area contributed by atoms with E-state index in [0.717, 1.165) is 43.6 Å². The number of piperidine rings is 1. The first-order valence-corrected chi connectivity index (χ1v) is 9.58. The molecule has 134 valence electrons. The number of nitrogens with one attached hydrogen (secondary N) is 1. The summed E-state index contributed by atoms with van der Waals surface area (Å²) in [4.78, 5) is 15.6. The lowest BCUT2D eigenvalue weighted by Crippen LogP contribution is -2.52. The van der Waals surface area contributed by atoms with Crippen LogP contribution >= 0.6 is 0 Å². The van der Waals surface area contributed by atoms with Crippen molar-refractivity contribution < 1.29 is 4.74 Å². The van der Waals surface area contributed by atoms with Crippen LogP contribution in [0, 0.1) is 0 Å². The van der Waals surface area contributed by atoms with Gasteiger partial charge in [-0.1, -0.05) is 0 Å². The molecule has 3 aliphatic heterocycles. The van der Waals surface area contributed by atoms with Crippen LogP contribution in [0.15, 0.2) is 18.9 Å². The van der Waals surface area contributed by atoms with Crippen molar-refractivity contribution in [2.75, 3.05) is 26.2 Å². The van der Waals surface area contributed by atoms with E-state index in [4.69, 9.17) is 4.74 Å². The highest BCUT2D eigenvalue weighted by molar-refractivity contribution is 5.68. The second-order valence-electron chi connectivity index (χ2n) is 7.70. The van der Waals surface area contributed by atoms with Gasteiger partial charge in [0.25, 0.3) is 0 Å². The third-order valence-corrected chi connectivity index (χ3v) is 6.33. The summed E-state index contributed by atoms with van der Waals surface area (Å²) in [5.41, 5.74) is 2.14. The molecular weight excluding hydrogens is 316 g/mol. The molecule has 0 bridgehead atoms. The normalized spacial score (nSPS) is 29.8. The summed E-state index contributed by atoms with van der Waals surface area (Å²) >= 11 is 0. The minimum atomic E-state index is 0.0523. The first kappa shape index (κ1) is 15.7. The summed E-state index contributed by atoms with van der Waals surface area (Å²) < 4.78 is 8.49. The number of rotatable bonds is 3. The van der Waals surface area contributed by atoms with Crippen molar-refractivity contribution in [2.45, 2.75) is 56.4 Å².